The van der Waals surface area contributed by atoms with Crippen LogP contribution in [0.2, 0.25) is 0 Å². The molecule has 22 heavy (non-hydrogen) atoms. The Labute approximate surface area is 123 Å². The molecule has 0 radical (unpaired) electrons. The lowest BCUT2D eigenvalue weighted by Gasteiger charge is -2.18. The van der Waals surface area contributed by atoms with Gasteiger partial charge in [-0.15, -0.1) is 0 Å². The van der Waals surface area contributed by atoms with Crippen molar-refractivity contribution in [3.05, 3.63) is 35.6 Å². The van der Waals surface area contributed by atoms with Crippen molar-refractivity contribution in [3.63, 3.8) is 0 Å². The van der Waals surface area contributed by atoms with Crippen LogP contribution in [-0.4, -0.2) is 41.1 Å². The molecule has 120 valence electrons. The average Bonchev–Trinajstić information content (AvgIpc) is 2.83. The highest BCUT2D eigenvalue weighted by molar-refractivity contribution is 5.81. The molecule has 1 N–H and O–H groups in total. The number of nitrogens with zero attached hydrogens (tertiary/aromatic N) is 1. The lowest BCUT2D eigenvalue weighted by atomic mass is 9.96. The highest BCUT2D eigenvalue weighted by Gasteiger charge is 2.53. The fraction of sp³-hybridized carbons (Fsp3) is 0.429. The summed E-state index contributed by atoms with van der Waals surface area (Å²) in [4.78, 5) is 23.8. The van der Waals surface area contributed by atoms with E-state index in [4.69, 9.17) is 5.11 Å². The summed E-state index contributed by atoms with van der Waals surface area (Å²) in [6.07, 6.45) is -4.95. The molecule has 2 rings (SSSR count). The number of carboxylic acids is 1. The highest BCUT2D eigenvalue weighted by Crippen LogP contribution is 2.37. The maximum atomic E-state index is 13.0. The minimum absolute atomic E-state index is 0.269. The highest BCUT2D eigenvalue weighted by atomic mass is 19.4. The Hall–Kier alpha value is -2.12. The van der Waals surface area contributed by atoms with E-state index >= 15 is 0 Å². The molecule has 1 aliphatic rings. The van der Waals surface area contributed by atoms with E-state index in [-0.39, 0.29) is 6.42 Å². The number of halogens is 4. The maximum Gasteiger partial charge on any atom is 0.394 e. The number of aliphatic carboxylic acids is 1. The molecule has 4 nitrogen and oxygen atoms in total. The van der Waals surface area contributed by atoms with Gasteiger partial charge < -0.3 is 10.0 Å². The first-order chi connectivity index (χ1) is 10.2. The van der Waals surface area contributed by atoms with Gasteiger partial charge in [-0.3, -0.25) is 9.59 Å². The molecule has 8 heteroatoms. The number of benzene rings is 1. The van der Waals surface area contributed by atoms with Crippen molar-refractivity contribution in [1.29, 1.82) is 0 Å². The third kappa shape index (κ3) is 3.55. The Kier molecular flexibility index (Phi) is 4.39. The molecule has 1 saturated heterocycles. The van der Waals surface area contributed by atoms with Crippen molar-refractivity contribution < 1.29 is 32.3 Å². The van der Waals surface area contributed by atoms with Crippen molar-refractivity contribution in [2.45, 2.75) is 12.6 Å². The van der Waals surface area contributed by atoms with Crippen molar-refractivity contribution >= 4 is 11.9 Å². The van der Waals surface area contributed by atoms with Gasteiger partial charge in [-0.25, -0.2) is 4.39 Å². The molecule has 0 bridgehead atoms. The summed E-state index contributed by atoms with van der Waals surface area (Å²) in [6.45, 7) is -1.18. The van der Waals surface area contributed by atoms with Gasteiger partial charge in [0.2, 0.25) is 5.91 Å². The minimum atomic E-state index is -4.68. The number of hydrogen-bond donors (Lipinski definition) is 1. The van der Waals surface area contributed by atoms with E-state index in [1.54, 1.807) is 0 Å². The number of hydrogen-bond acceptors (Lipinski definition) is 2. The van der Waals surface area contributed by atoms with Crippen LogP contribution in [0.5, 0.6) is 0 Å². The molecular weight excluding hydrogens is 306 g/mol. The smallest absolute Gasteiger partial charge is 0.394 e. The third-order valence-corrected chi connectivity index (χ3v) is 3.65. The Morgan fingerprint density at radius 1 is 1.27 bits per heavy atom. The normalized spacial score (nSPS) is 21.9. The summed E-state index contributed by atoms with van der Waals surface area (Å²) < 4.78 is 51.5. The molecule has 1 amide bonds. The first kappa shape index (κ1) is 16.3. The van der Waals surface area contributed by atoms with Gasteiger partial charge in [-0.1, -0.05) is 12.1 Å². The predicted molar refractivity (Wildman–Crippen MR) is 67.4 cm³/mol. The van der Waals surface area contributed by atoms with E-state index in [2.05, 4.69) is 0 Å². The van der Waals surface area contributed by atoms with E-state index in [1.807, 2.05) is 0 Å². The number of carbonyl (C=O) groups is 2. The second-order valence-corrected chi connectivity index (χ2v) is 5.20. The third-order valence-electron chi connectivity index (χ3n) is 3.65. The molecular formula is C14H13F4NO3. The quantitative estimate of drug-likeness (QED) is 0.868. The molecule has 1 aliphatic heterocycles. The molecule has 1 aromatic carbocycles. The molecule has 1 aromatic rings. The van der Waals surface area contributed by atoms with Crippen molar-refractivity contribution in [2.75, 3.05) is 13.1 Å². The summed E-state index contributed by atoms with van der Waals surface area (Å²) in [5.74, 6) is -6.53. The van der Waals surface area contributed by atoms with Crippen molar-refractivity contribution in [3.8, 4) is 0 Å². The zero-order valence-corrected chi connectivity index (χ0v) is 11.3. The van der Waals surface area contributed by atoms with Crippen LogP contribution in [0.4, 0.5) is 17.6 Å². The molecule has 0 saturated carbocycles. The second-order valence-electron chi connectivity index (χ2n) is 5.20. The zero-order valence-electron chi connectivity index (χ0n) is 11.3. The second kappa shape index (κ2) is 5.94. The summed E-state index contributed by atoms with van der Waals surface area (Å²) in [7, 11) is 0. The summed E-state index contributed by atoms with van der Waals surface area (Å²) in [6, 6.07) is 5.17. The Morgan fingerprint density at radius 2 is 1.95 bits per heavy atom. The van der Waals surface area contributed by atoms with Gasteiger partial charge in [0.15, 0.2) is 0 Å². The summed E-state index contributed by atoms with van der Waals surface area (Å²) in [5, 5.41) is 8.89. The molecule has 0 aliphatic carbocycles. The van der Waals surface area contributed by atoms with Gasteiger partial charge in [-0.05, 0) is 17.7 Å². The maximum absolute atomic E-state index is 13.0. The number of alkyl halides is 3. The fourth-order valence-electron chi connectivity index (χ4n) is 2.52. The molecule has 2 atom stereocenters. The van der Waals surface area contributed by atoms with Crippen LogP contribution in [0.3, 0.4) is 0 Å². The number of carbonyl (C=O) groups excluding carboxylic acids is 1. The van der Waals surface area contributed by atoms with Crippen LogP contribution >= 0.6 is 0 Å². The first-order valence-corrected chi connectivity index (χ1v) is 6.50. The van der Waals surface area contributed by atoms with Crippen LogP contribution in [0.1, 0.15) is 5.56 Å². The van der Waals surface area contributed by atoms with E-state index in [1.165, 1.54) is 18.2 Å². The Balaban J connectivity index is 2.10. The van der Waals surface area contributed by atoms with Gasteiger partial charge in [0.1, 0.15) is 5.82 Å². The van der Waals surface area contributed by atoms with Crippen molar-refractivity contribution in [1.82, 2.24) is 4.90 Å². The molecule has 0 unspecified atom stereocenters. The summed E-state index contributed by atoms with van der Waals surface area (Å²) >= 11 is 0. The van der Waals surface area contributed by atoms with Crippen LogP contribution < -0.4 is 0 Å². The lowest BCUT2D eigenvalue weighted by molar-refractivity contribution is -0.188. The van der Waals surface area contributed by atoms with Gasteiger partial charge in [0.05, 0.1) is 18.3 Å². The minimum Gasteiger partial charge on any atom is -0.481 e. The summed E-state index contributed by atoms with van der Waals surface area (Å²) in [5.41, 5.74) is 0.326. The van der Waals surface area contributed by atoms with E-state index < -0.39 is 48.8 Å². The van der Waals surface area contributed by atoms with Gasteiger partial charge in [0.25, 0.3) is 0 Å². The van der Waals surface area contributed by atoms with Crippen LogP contribution in [-0.2, 0) is 16.0 Å². The topological polar surface area (TPSA) is 57.6 Å². The molecule has 1 fully saturated rings. The van der Waals surface area contributed by atoms with Gasteiger partial charge in [0, 0.05) is 13.1 Å². The monoisotopic (exact) mass is 319 g/mol. The predicted octanol–water partition coefficient (Wildman–Crippen LogP) is 2.09. The van der Waals surface area contributed by atoms with Crippen LogP contribution in [0.15, 0.2) is 24.3 Å². The Bertz CT molecular complexity index is 588. The molecule has 1 heterocycles. The van der Waals surface area contributed by atoms with Gasteiger partial charge >= 0.3 is 12.1 Å². The number of amides is 1. The van der Waals surface area contributed by atoms with Gasteiger partial charge in [-0.2, -0.15) is 13.2 Å². The standard InChI is InChI=1S/C14H13F4NO3/c15-9-3-1-2-8(4-9)5-12(20)19-6-10(13(21)22)11(7-19)14(16,17)18/h1-4,10-11H,5-7H2,(H,21,22)/t10-,11-/m1/s1. The van der Waals surface area contributed by atoms with Crippen LogP contribution in [0.25, 0.3) is 0 Å². The SMILES string of the molecule is O=C(O)[C@@H]1CN(C(=O)Cc2cccc(F)c2)C[C@H]1C(F)(F)F. The van der Waals surface area contributed by atoms with Crippen LogP contribution in [0, 0.1) is 17.7 Å². The molecule has 0 aromatic heterocycles. The van der Waals surface area contributed by atoms with E-state index in [9.17, 15) is 27.2 Å². The Morgan fingerprint density at radius 3 is 2.45 bits per heavy atom. The molecule has 0 spiro atoms. The lowest BCUT2D eigenvalue weighted by Crippen LogP contribution is -2.34. The average molecular weight is 319 g/mol. The van der Waals surface area contributed by atoms with E-state index in [0.29, 0.717) is 5.56 Å². The number of carboxylic acid groups (broad SMARTS) is 1. The zero-order chi connectivity index (χ0) is 16.5. The number of rotatable bonds is 3. The fourth-order valence-corrected chi connectivity index (χ4v) is 2.52. The largest absolute Gasteiger partial charge is 0.481 e. The first-order valence-electron chi connectivity index (χ1n) is 6.50. The van der Waals surface area contributed by atoms with Crippen molar-refractivity contribution in [2.24, 2.45) is 11.8 Å². The number of likely N-dealkylation sites (tertiary alicyclic amines) is 1. The van der Waals surface area contributed by atoms with E-state index in [0.717, 1.165) is 11.0 Å².